The van der Waals surface area contributed by atoms with Crippen molar-refractivity contribution in [2.24, 2.45) is 0 Å². The van der Waals surface area contributed by atoms with Gasteiger partial charge in [-0.25, -0.2) is 4.98 Å². The number of aromatic nitrogens is 1. The van der Waals surface area contributed by atoms with E-state index in [1.165, 1.54) is 0 Å². The molecule has 0 radical (unpaired) electrons. The van der Waals surface area contributed by atoms with Gasteiger partial charge >= 0.3 is 0 Å². The number of anilines is 2. The first-order chi connectivity index (χ1) is 7.63. The van der Waals surface area contributed by atoms with E-state index in [0.717, 1.165) is 12.8 Å². The summed E-state index contributed by atoms with van der Waals surface area (Å²) in [6.07, 6.45) is 2.20. The van der Waals surface area contributed by atoms with Crippen LogP contribution in [0, 0.1) is 0 Å². The lowest BCUT2D eigenvalue weighted by Gasteiger charge is -2.23. The fourth-order valence-corrected chi connectivity index (χ4v) is 2.09. The smallest absolute Gasteiger partial charge is 0.150 e. The molecule has 0 saturated heterocycles. The van der Waals surface area contributed by atoms with E-state index in [0.29, 0.717) is 28.4 Å². The normalized spacial score (nSPS) is 15.2. The Hall–Kier alpha value is -0.710. The van der Waals surface area contributed by atoms with Gasteiger partial charge in [0.25, 0.3) is 0 Å². The third kappa shape index (κ3) is 2.34. The highest BCUT2D eigenvalue weighted by atomic mass is 35.5. The van der Waals surface area contributed by atoms with Crippen LogP contribution in [0.3, 0.4) is 0 Å². The quantitative estimate of drug-likeness (QED) is 0.870. The first-order valence-corrected chi connectivity index (χ1v) is 5.88. The lowest BCUT2D eigenvalue weighted by atomic mass is 10.3. The summed E-state index contributed by atoms with van der Waals surface area (Å²) in [6, 6.07) is 2.01. The van der Waals surface area contributed by atoms with Gasteiger partial charge in [-0.05, 0) is 18.9 Å². The lowest BCUT2D eigenvalue weighted by Crippen LogP contribution is -2.30. The molecule has 0 aromatic carbocycles. The van der Waals surface area contributed by atoms with Crippen molar-refractivity contribution in [2.75, 3.05) is 23.8 Å². The van der Waals surface area contributed by atoms with E-state index in [4.69, 9.17) is 34.0 Å². The Morgan fingerprint density at radius 1 is 1.44 bits per heavy atom. The molecular formula is C10H13Cl2N3O. The topological polar surface area (TPSA) is 62.4 Å². The molecule has 1 heterocycles. The molecule has 2 rings (SSSR count). The van der Waals surface area contributed by atoms with Crippen molar-refractivity contribution in [1.29, 1.82) is 0 Å². The van der Waals surface area contributed by atoms with Crippen molar-refractivity contribution in [1.82, 2.24) is 4.98 Å². The first kappa shape index (κ1) is 11.8. The molecule has 1 fully saturated rings. The summed E-state index contributed by atoms with van der Waals surface area (Å²) in [7, 11) is 0. The van der Waals surface area contributed by atoms with E-state index < -0.39 is 0 Å². The molecular weight excluding hydrogens is 249 g/mol. The Bertz CT molecular complexity index is 396. The van der Waals surface area contributed by atoms with Crippen LogP contribution in [0.2, 0.25) is 10.0 Å². The molecule has 1 aromatic rings. The SMILES string of the molecule is Nc1nc(N(CCO)C2CC2)c(Cl)cc1Cl. The van der Waals surface area contributed by atoms with Crippen LogP contribution in [0.1, 0.15) is 12.8 Å². The minimum Gasteiger partial charge on any atom is -0.395 e. The molecule has 0 atom stereocenters. The zero-order valence-corrected chi connectivity index (χ0v) is 10.2. The summed E-state index contributed by atoms with van der Waals surface area (Å²) in [6.45, 7) is 0.579. The maximum absolute atomic E-state index is 9.02. The third-order valence-electron chi connectivity index (χ3n) is 2.54. The molecule has 0 aliphatic heterocycles. The van der Waals surface area contributed by atoms with Gasteiger partial charge in [0.2, 0.25) is 0 Å². The minimum atomic E-state index is 0.0665. The zero-order valence-electron chi connectivity index (χ0n) is 8.66. The molecule has 1 aliphatic carbocycles. The van der Waals surface area contributed by atoms with Gasteiger partial charge < -0.3 is 15.7 Å². The predicted molar refractivity (Wildman–Crippen MR) is 66.1 cm³/mol. The number of rotatable bonds is 4. The molecule has 88 valence electrons. The summed E-state index contributed by atoms with van der Waals surface area (Å²) in [5.41, 5.74) is 5.65. The number of hydrogen-bond acceptors (Lipinski definition) is 4. The highest BCUT2D eigenvalue weighted by Gasteiger charge is 2.31. The number of nitrogen functional groups attached to an aromatic ring is 1. The maximum atomic E-state index is 9.02. The van der Waals surface area contributed by atoms with Gasteiger partial charge in [-0.3, -0.25) is 0 Å². The van der Waals surface area contributed by atoms with E-state index in [1.807, 2.05) is 4.90 Å². The van der Waals surface area contributed by atoms with Crippen LogP contribution in [-0.4, -0.2) is 29.3 Å². The minimum absolute atomic E-state index is 0.0665. The van der Waals surface area contributed by atoms with Crippen molar-refractivity contribution in [3.8, 4) is 0 Å². The number of aliphatic hydroxyl groups is 1. The molecule has 0 spiro atoms. The average Bonchev–Trinajstić information content (AvgIpc) is 3.04. The standard InChI is InChI=1S/C10H13Cl2N3O/c11-7-5-8(12)10(14-9(7)13)15(3-4-16)6-1-2-6/h5-6,16H,1-4H2,(H2,13,14). The molecule has 0 unspecified atom stereocenters. The summed E-state index contributed by atoms with van der Waals surface area (Å²) >= 11 is 11.9. The number of halogens is 2. The Labute approximate surface area is 104 Å². The van der Waals surface area contributed by atoms with Crippen LogP contribution in [0.15, 0.2) is 6.07 Å². The molecule has 1 aromatic heterocycles. The summed E-state index contributed by atoms with van der Waals surface area (Å²) < 4.78 is 0. The van der Waals surface area contributed by atoms with Crippen molar-refractivity contribution < 1.29 is 5.11 Å². The summed E-state index contributed by atoms with van der Waals surface area (Å²) in [5.74, 6) is 0.879. The molecule has 1 saturated carbocycles. The van der Waals surface area contributed by atoms with Gasteiger partial charge in [-0.1, -0.05) is 23.2 Å². The van der Waals surface area contributed by atoms with Crippen LogP contribution in [-0.2, 0) is 0 Å². The number of hydrogen-bond donors (Lipinski definition) is 2. The Balaban J connectivity index is 2.32. The van der Waals surface area contributed by atoms with E-state index in [-0.39, 0.29) is 12.4 Å². The second kappa shape index (κ2) is 4.65. The van der Waals surface area contributed by atoms with Crippen LogP contribution in [0.25, 0.3) is 0 Å². The van der Waals surface area contributed by atoms with Gasteiger partial charge in [-0.15, -0.1) is 0 Å². The highest BCUT2D eigenvalue weighted by Crippen LogP contribution is 2.36. The first-order valence-electron chi connectivity index (χ1n) is 5.12. The Morgan fingerprint density at radius 3 is 2.69 bits per heavy atom. The van der Waals surface area contributed by atoms with Gasteiger partial charge in [0, 0.05) is 12.6 Å². The highest BCUT2D eigenvalue weighted by molar-refractivity contribution is 6.37. The van der Waals surface area contributed by atoms with E-state index in [2.05, 4.69) is 4.98 Å². The maximum Gasteiger partial charge on any atom is 0.150 e. The van der Waals surface area contributed by atoms with Crippen LogP contribution >= 0.6 is 23.2 Å². The molecule has 3 N–H and O–H groups in total. The van der Waals surface area contributed by atoms with E-state index in [9.17, 15) is 0 Å². The van der Waals surface area contributed by atoms with Gasteiger partial charge in [0.1, 0.15) is 11.6 Å². The molecule has 16 heavy (non-hydrogen) atoms. The van der Waals surface area contributed by atoms with Crippen molar-refractivity contribution in [3.63, 3.8) is 0 Å². The average molecular weight is 262 g/mol. The van der Waals surface area contributed by atoms with Gasteiger partial charge in [0.05, 0.1) is 16.7 Å². The van der Waals surface area contributed by atoms with E-state index in [1.54, 1.807) is 6.07 Å². The third-order valence-corrected chi connectivity index (χ3v) is 3.12. The Morgan fingerprint density at radius 2 is 2.12 bits per heavy atom. The van der Waals surface area contributed by atoms with E-state index >= 15 is 0 Å². The zero-order chi connectivity index (χ0) is 11.7. The molecule has 0 bridgehead atoms. The number of pyridine rings is 1. The monoisotopic (exact) mass is 261 g/mol. The Kier molecular flexibility index (Phi) is 3.42. The second-order valence-corrected chi connectivity index (χ2v) is 4.62. The number of nitrogens with zero attached hydrogens (tertiary/aromatic N) is 2. The largest absolute Gasteiger partial charge is 0.395 e. The van der Waals surface area contributed by atoms with Crippen molar-refractivity contribution >= 4 is 34.8 Å². The molecule has 0 amide bonds. The fraction of sp³-hybridized carbons (Fsp3) is 0.500. The summed E-state index contributed by atoms with van der Waals surface area (Å²) in [4.78, 5) is 6.16. The summed E-state index contributed by atoms with van der Waals surface area (Å²) in [5, 5.41) is 9.85. The predicted octanol–water partition coefficient (Wildman–Crippen LogP) is 1.93. The van der Waals surface area contributed by atoms with Crippen molar-refractivity contribution in [3.05, 3.63) is 16.1 Å². The number of nitrogens with two attached hydrogens (primary N) is 1. The fourth-order valence-electron chi connectivity index (χ4n) is 1.63. The van der Waals surface area contributed by atoms with Crippen LogP contribution in [0.4, 0.5) is 11.6 Å². The number of aliphatic hydroxyl groups excluding tert-OH is 1. The van der Waals surface area contributed by atoms with Gasteiger partial charge in [0.15, 0.2) is 0 Å². The van der Waals surface area contributed by atoms with Gasteiger partial charge in [-0.2, -0.15) is 0 Å². The molecule has 1 aliphatic rings. The second-order valence-electron chi connectivity index (χ2n) is 3.81. The van der Waals surface area contributed by atoms with Crippen LogP contribution < -0.4 is 10.6 Å². The van der Waals surface area contributed by atoms with Crippen LogP contribution in [0.5, 0.6) is 0 Å². The molecule has 6 heteroatoms. The lowest BCUT2D eigenvalue weighted by molar-refractivity contribution is 0.301. The molecule has 4 nitrogen and oxygen atoms in total. The van der Waals surface area contributed by atoms with Crippen molar-refractivity contribution in [2.45, 2.75) is 18.9 Å².